The number of nitrogen functional groups attached to an aromatic ring is 1. The van der Waals surface area contributed by atoms with Gasteiger partial charge in [-0.2, -0.15) is 0 Å². The van der Waals surface area contributed by atoms with Crippen LogP contribution in [0.25, 0.3) is 0 Å². The van der Waals surface area contributed by atoms with E-state index in [2.05, 4.69) is 0 Å². The molecule has 4 nitrogen and oxygen atoms in total. The summed E-state index contributed by atoms with van der Waals surface area (Å²) in [5.74, 6) is 0. The largest absolute Gasteiger partial charge is 0.397 e. The van der Waals surface area contributed by atoms with Crippen molar-refractivity contribution in [2.24, 2.45) is 0 Å². The summed E-state index contributed by atoms with van der Waals surface area (Å²) < 4.78 is 6.59. The molecule has 0 bridgehead atoms. The number of rotatable bonds is 5. The first-order chi connectivity index (χ1) is 7.15. The quantitative estimate of drug-likeness (QED) is 0.742. The fourth-order valence-corrected chi connectivity index (χ4v) is 1.39. The third-order valence-electron chi connectivity index (χ3n) is 2.37. The van der Waals surface area contributed by atoms with Gasteiger partial charge in [0.05, 0.1) is 5.69 Å². The van der Waals surface area contributed by atoms with E-state index in [1.165, 1.54) is 0 Å². The molecule has 0 atom stereocenters. The maximum Gasteiger partial charge on any atom is 0.250 e. The van der Waals surface area contributed by atoms with E-state index in [4.69, 9.17) is 10.5 Å². The van der Waals surface area contributed by atoms with Gasteiger partial charge in [-0.1, -0.05) is 0 Å². The van der Waals surface area contributed by atoms with Gasteiger partial charge >= 0.3 is 0 Å². The summed E-state index contributed by atoms with van der Waals surface area (Å²) in [6, 6.07) is 1.58. The van der Waals surface area contributed by atoms with E-state index >= 15 is 0 Å². The predicted octanol–water partition coefficient (Wildman–Crippen LogP) is 1.17. The number of hydrogen-bond donors (Lipinski definition) is 1. The molecule has 0 fully saturated rings. The monoisotopic (exact) mass is 210 g/mol. The molecule has 0 saturated carbocycles. The van der Waals surface area contributed by atoms with Crippen molar-refractivity contribution in [3.8, 4) is 0 Å². The summed E-state index contributed by atoms with van der Waals surface area (Å²) in [6.07, 6.45) is 3.59. The molecular formula is C11H18N2O2. The number of hydrogen-bond acceptors (Lipinski definition) is 3. The summed E-state index contributed by atoms with van der Waals surface area (Å²) in [5.41, 5.74) is 7.26. The summed E-state index contributed by atoms with van der Waals surface area (Å²) in [5, 5.41) is 0. The molecular weight excluding hydrogens is 192 g/mol. The number of pyridine rings is 1. The average Bonchev–Trinajstić information content (AvgIpc) is 2.20. The van der Waals surface area contributed by atoms with Crippen LogP contribution in [-0.2, 0) is 11.3 Å². The minimum Gasteiger partial charge on any atom is -0.397 e. The highest BCUT2D eigenvalue weighted by Crippen LogP contribution is 2.06. The molecule has 0 aliphatic carbocycles. The Hall–Kier alpha value is -1.29. The molecule has 0 aliphatic rings. The Bertz CT molecular complexity index is 371. The third-order valence-corrected chi connectivity index (χ3v) is 2.37. The lowest BCUT2D eigenvalue weighted by Crippen LogP contribution is -2.20. The van der Waals surface area contributed by atoms with Crippen LogP contribution in [0, 0.1) is 6.92 Å². The molecule has 0 unspecified atom stereocenters. The van der Waals surface area contributed by atoms with Crippen LogP contribution in [0.1, 0.15) is 18.4 Å². The molecule has 4 heteroatoms. The van der Waals surface area contributed by atoms with Crippen molar-refractivity contribution < 1.29 is 4.74 Å². The Morgan fingerprint density at radius 2 is 2.20 bits per heavy atom. The SMILES string of the molecule is COCCCCn1cc(N)c(C)cc1=O. The number of nitrogens with two attached hydrogens (primary N) is 1. The van der Waals surface area contributed by atoms with Gasteiger partial charge in [-0.25, -0.2) is 0 Å². The summed E-state index contributed by atoms with van der Waals surface area (Å²) in [6.45, 7) is 3.27. The van der Waals surface area contributed by atoms with E-state index in [0.717, 1.165) is 25.0 Å². The minimum atomic E-state index is 0.0131. The molecule has 0 amide bonds. The van der Waals surface area contributed by atoms with Crippen LogP contribution in [0.5, 0.6) is 0 Å². The molecule has 1 heterocycles. The van der Waals surface area contributed by atoms with Gasteiger partial charge in [0, 0.05) is 32.5 Å². The van der Waals surface area contributed by atoms with Gasteiger partial charge in [0.15, 0.2) is 0 Å². The first-order valence-corrected chi connectivity index (χ1v) is 5.10. The molecule has 1 aromatic heterocycles. The molecule has 84 valence electrons. The van der Waals surface area contributed by atoms with Gasteiger partial charge in [0.2, 0.25) is 0 Å². The molecule has 1 rings (SSSR count). The van der Waals surface area contributed by atoms with Crippen molar-refractivity contribution in [2.75, 3.05) is 19.5 Å². The van der Waals surface area contributed by atoms with Crippen LogP contribution < -0.4 is 11.3 Å². The van der Waals surface area contributed by atoms with Crippen molar-refractivity contribution in [1.82, 2.24) is 4.57 Å². The Kier molecular flexibility index (Phi) is 4.37. The standard InChI is InChI=1S/C11H18N2O2/c1-9-7-11(14)13(8-10(9)12)5-3-4-6-15-2/h7-8H,3-6,12H2,1-2H3. The fraction of sp³-hybridized carbons (Fsp3) is 0.545. The van der Waals surface area contributed by atoms with Crippen molar-refractivity contribution in [3.05, 3.63) is 28.2 Å². The van der Waals surface area contributed by atoms with Crippen LogP contribution in [0.4, 0.5) is 5.69 Å². The van der Waals surface area contributed by atoms with Gasteiger partial charge in [-0.05, 0) is 25.3 Å². The lowest BCUT2D eigenvalue weighted by molar-refractivity contribution is 0.191. The highest BCUT2D eigenvalue weighted by atomic mass is 16.5. The van der Waals surface area contributed by atoms with Gasteiger partial charge in [-0.15, -0.1) is 0 Å². The van der Waals surface area contributed by atoms with Crippen LogP contribution in [0.3, 0.4) is 0 Å². The second kappa shape index (κ2) is 5.56. The van der Waals surface area contributed by atoms with E-state index in [1.807, 2.05) is 6.92 Å². The first kappa shape index (κ1) is 11.8. The van der Waals surface area contributed by atoms with Crippen molar-refractivity contribution in [1.29, 1.82) is 0 Å². The third kappa shape index (κ3) is 3.40. The number of methoxy groups -OCH3 is 1. The normalized spacial score (nSPS) is 10.5. The van der Waals surface area contributed by atoms with E-state index in [0.29, 0.717) is 12.2 Å². The number of anilines is 1. The van der Waals surface area contributed by atoms with Crippen molar-refractivity contribution in [3.63, 3.8) is 0 Å². The van der Waals surface area contributed by atoms with E-state index < -0.39 is 0 Å². The molecule has 0 aliphatic heterocycles. The first-order valence-electron chi connectivity index (χ1n) is 5.10. The zero-order chi connectivity index (χ0) is 11.3. The highest BCUT2D eigenvalue weighted by molar-refractivity contribution is 5.42. The van der Waals surface area contributed by atoms with Crippen molar-refractivity contribution >= 4 is 5.69 Å². The fourth-order valence-electron chi connectivity index (χ4n) is 1.39. The van der Waals surface area contributed by atoms with E-state index in [1.54, 1.807) is 23.9 Å². The van der Waals surface area contributed by atoms with Gasteiger partial charge in [-0.3, -0.25) is 4.79 Å². The topological polar surface area (TPSA) is 57.2 Å². The second-order valence-corrected chi connectivity index (χ2v) is 3.64. The average molecular weight is 210 g/mol. The molecule has 0 radical (unpaired) electrons. The van der Waals surface area contributed by atoms with Crippen LogP contribution >= 0.6 is 0 Å². The molecule has 2 N–H and O–H groups in total. The maximum absolute atomic E-state index is 11.5. The summed E-state index contributed by atoms with van der Waals surface area (Å²) in [4.78, 5) is 11.5. The smallest absolute Gasteiger partial charge is 0.250 e. The number of unbranched alkanes of at least 4 members (excludes halogenated alkanes) is 1. The minimum absolute atomic E-state index is 0.0131. The van der Waals surface area contributed by atoms with Crippen LogP contribution in [-0.4, -0.2) is 18.3 Å². The lowest BCUT2D eigenvalue weighted by atomic mass is 10.2. The predicted molar refractivity (Wildman–Crippen MR) is 61.0 cm³/mol. The molecule has 1 aromatic rings. The zero-order valence-corrected chi connectivity index (χ0v) is 9.32. The molecule has 0 aromatic carbocycles. The van der Waals surface area contributed by atoms with Crippen molar-refractivity contribution in [2.45, 2.75) is 26.3 Å². The van der Waals surface area contributed by atoms with Gasteiger partial charge < -0.3 is 15.0 Å². The Balaban J connectivity index is 2.61. The van der Waals surface area contributed by atoms with E-state index in [9.17, 15) is 4.79 Å². The highest BCUT2D eigenvalue weighted by Gasteiger charge is 2.00. The maximum atomic E-state index is 11.5. The molecule has 0 spiro atoms. The van der Waals surface area contributed by atoms with Gasteiger partial charge in [0.25, 0.3) is 5.56 Å². The number of ether oxygens (including phenoxy) is 1. The second-order valence-electron chi connectivity index (χ2n) is 3.64. The number of aryl methyl sites for hydroxylation is 2. The zero-order valence-electron chi connectivity index (χ0n) is 9.32. The Labute approximate surface area is 89.7 Å². The summed E-state index contributed by atoms with van der Waals surface area (Å²) in [7, 11) is 1.68. The van der Waals surface area contributed by atoms with Crippen LogP contribution in [0.15, 0.2) is 17.1 Å². The number of aromatic nitrogens is 1. The van der Waals surface area contributed by atoms with E-state index in [-0.39, 0.29) is 5.56 Å². The number of nitrogens with zero attached hydrogens (tertiary/aromatic N) is 1. The molecule has 15 heavy (non-hydrogen) atoms. The Morgan fingerprint density at radius 1 is 1.47 bits per heavy atom. The van der Waals surface area contributed by atoms with Gasteiger partial charge in [0.1, 0.15) is 0 Å². The lowest BCUT2D eigenvalue weighted by Gasteiger charge is -2.07. The summed E-state index contributed by atoms with van der Waals surface area (Å²) >= 11 is 0. The molecule has 0 saturated heterocycles. The Morgan fingerprint density at radius 3 is 2.87 bits per heavy atom. The van der Waals surface area contributed by atoms with Crippen LogP contribution in [0.2, 0.25) is 0 Å².